The van der Waals surface area contributed by atoms with E-state index in [9.17, 15) is 4.79 Å². The van der Waals surface area contributed by atoms with Gasteiger partial charge in [-0.05, 0) is 6.42 Å². The number of rotatable bonds is 4. The third-order valence-corrected chi connectivity index (χ3v) is 0.851. The molecule has 1 N–H and O–H groups in total. The highest BCUT2D eigenvalue weighted by Crippen LogP contribution is 1.93. The van der Waals surface area contributed by atoms with Crippen molar-refractivity contribution in [2.24, 2.45) is 0 Å². The summed E-state index contributed by atoms with van der Waals surface area (Å²) in [5, 5.41) is 8.29. The molecule has 0 saturated heterocycles. The first-order chi connectivity index (χ1) is 5.09. The minimum atomic E-state index is -1.31. The summed E-state index contributed by atoms with van der Waals surface area (Å²) in [5.74, 6) is -1.31. The van der Waals surface area contributed by atoms with Gasteiger partial charge in [-0.1, -0.05) is 25.8 Å². The van der Waals surface area contributed by atoms with E-state index < -0.39 is 12.0 Å². The predicted octanol–water partition coefficient (Wildman–Crippen LogP) is 1.82. The van der Waals surface area contributed by atoms with Crippen LogP contribution in [0.15, 0.2) is 12.1 Å². The number of carboxylic acid groups (broad SMARTS) is 1. The first-order valence-corrected chi connectivity index (χ1v) is 2.99. The number of unbranched alkanes of at least 4 members (excludes halogenated alkanes) is 1. The zero-order valence-corrected chi connectivity index (χ0v) is 5.48. The maximum Gasteiger partial charge on any atom is 0.327 e. The topological polar surface area (TPSA) is 37.3 Å². The Labute approximate surface area is 58.0 Å². The van der Waals surface area contributed by atoms with Crippen LogP contribution in [-0.2, 0) is 4.79 Å². The van der Waals surface area contributed by atoms with Gasteiger partial charge in [0.1, 0.15) is 0 Å². The maximum atomic E-state index is 10.1. The molecule has 0 bridgehead atoms. The molecule has 0 fully saturated rings. The van der Waals surface area contributed by atoms with Crippen LogP contribution >= 0.6 is 0 Å². The fourth-order valence-corrected chi connectivity index (χ4v) is 0.403. The van der Waals surface area contributed by atoms with E-state index in [1.54, 1.807) is 0 Å². The molecular formula is C7H12O2. The van der Waals surface area contributed by atoms with Crippen molar-refractivity contribution in [2.75, 3.05) is 0 Å². The second-order valence-electron chi connectivity index (χ2n) is 1.71. The number of aliphatic carboxylic acids is 1. The lowest BCUT2D eigenvalue weighted by Gasteiger charge is -1.85. The monoisotopic (exact) mass is 130 g/mol. The summed E-state index contributed by atoms with van der Waals surface area (Å²) in [5.41, 5.74) is 0. The average molecular weight is 130 g/mol. The van der Waals surface area contributed by atoms with Crippen LogP contribution in [0, 0.1) is 0 Å². The molecule has 0 rings (SSSR count). The SMILES string of the molecule is [2H]/C(CCCC)=C(/[2H])C(=O)O. The largest absolute Gasteiger partial charge is 0.478 e. The molecule has 0 heterocycles. The highest BCUT2D eigenvalue weighted by molar-refractivity contribution is 5.79. The number of carboxylic acids is 1. The molecule has 0 aromatic rings. The van der Waals surface area contributed by atoms with Gasteiger partial charge in [0.2, 0.25) is 0 Å². The second kappa shape index (κ2) is 5.35. The lowest BCUT2D eigenvalue weighted by molar-refractivity contribution is -0.131. The van der Waals surface area contributed by atoms with E-state index in [0.717, 1.165) is 12.8 Å². The Morgan fingerprint density at radius 2 is 2.56 bits per heavy atom. The van der Waals surface area contributed by atoms with Gasteiger partial charge in [0.15, 0.2) is 0 Å². The molecule has 0 aromatic heterocycles. The molecule has 0 aliphatic heterocycles. The Kier molecular flexibility index (Phi) is 2.99. The zero-order valence-electron chi connectivity index (χ0n) is 7.48. The van der Waals surface area contributed by atoms with Crippen LogP contribution in [0.5, 0.6) is 0 Å². The molecule has 0 aromatic carbocycles. The Morgan fingerprint density at radius 1 is 1.89 bits per heavy atom. The minimum Gasteiger partial charge on any atom is -0.478 e. The van der Waals surface area contributed by atoms with Gasteiger partial charge in [0.25, 0.3) is 0 Å². The lowest BCUT2D eigenvalue weighted by atomic mass is 10.2. The van der Waals surface area contributed by atoms with Crippen molar-refractivity contribution in [1.29, 1.82) is 0 Å². The van der Waals surface area contributed by atoms with E-state index in [1.165, 1.54) is 0 Å². The second-order valence-corrected chi connectivity index (χ2v) is 1.71. The lowest BCUT2D eigenvalue weighted by Crippen LogP contribution is -1.85. The molecule has 0 aliphatic rings. The smallest absolute Gasteiger partial charge is 0.327 e. The Morgan fingerprint density at radius 3 is 3.00 bits per heavy atom. The summed E-state index contributed by atoms with van der Waals surface area (Å²) in [6.45, 7) is 1.96. The van der Waals surface area contributed by atoms with Gasteiger partial charge in [0, 0.05) is 6.05 Å². The maximum absolute atomic E-state index is 10.1. The molecule has 52 valence electrons. The van der Waals surface area contributed by atoms with Crippen molar-refractivity contribution in [1.82, 2.24) is 0 Å². The van der Waals surface area contributed by atoms with E-state index in [-0.39, 0.29) is 6.05 Å². The highest BCUT2D eigenvalue weighted by atomic mass is 16.4. The van der Waals surface area contributed by atoms with Crippen LogP contribution in [0.25, 0.3) is 0 Å². The molecule has 0 aliphatic carbocycles. The molecule has 0 amide bonds. The Bertz CT molecular complexity index is 175. The van der Waals surface area contributed by atoms with Crippen LogP contribution in [0.1, 0.15) is 28.9 Å². The van der Waals surface area contributed by atoms with Crippen molar-refractivity contribution in [3.05, 3.63) is 12.1 Å². The van der Waals surface area contributed by atoms with Crippen LogP contribution in [-0.4, -0.2) is 11.1 Å². The number of hydrogen-bond donors (Lipinski definition) is 1. The molecule has 0 unspecified atom stereocenters. The Balaban J connectivity index is 4.05. The van der Waals surface area contributed by atoms with E-state index >= 15 is 0 Å². The van der Waals surface area contributed by atoms with E-state index in [1.807, 2.05) is 6.92 Å². The van der Waals surface area contributed by atoms with Gasteiger partial charge >= 0.3 is 5.97 Å². The van der Waals surface area contributed by atoms with Crippen LogP contribution in [0.3, 0.4) is 0 Å². The molecule has 0 atom stereocenters. The van der Waals surface area contributed by atoms with Crippen LogP contribution in [0.4, 0.5) is 0 Å². The third-order valence-electron chi connectivity index (χ3n) is 0.851. The molecule has 0 radical (unpaired) electrons. The summed E-state index contributed by atoms with van der Waals surface area (Å²) in [7, 11) is 0. The molecule has 2 heteroatoms. The quantitative estimate of drug-likeness (QED) is 0.589. The van der Waals surface area contributed by atoms with Crippen LogP contribution in [0.2, 0.25) is 0 Å². The van der Waals surface area contributed by atoms with Gasteiger partial charge in [-0.15, -0.1) is 0 Å². The molecule has 9 heavy (non-hydrogen) atoms. The fourth-order valence-electron chi connectivity index (χ4n) is 0.403. The van der Waals surface area contributed by atoms with Crippen molar-refractivity contribution in [3.63, 3.8) is 0 Å². The number of allylic oxidation sites excluding steroid dienone is 1. The van der Waals surface area contributed by atoms with Gasteiger partial charge in [-0.3, -0.25) is 0 Å². The summed E-state index contributed by atoms with van der Waals surface area (Å²) < 4.78 is 14.0. The van der Waals surface area contributed by atoms with Gasteiger partial charge in [-0.2, -0.15) is 0 Å². The van der Waals surface area contributed by atoms with Crippen molar-refractivity contribution < 1.29 is 12.6 Å². The normalized spacial score (nSPS) is 15.7. The van der Waals surface area contributed by atoms with Gasteiger partial charge in [-0.25, -0.2) is 4.79 Å². The molecule has 0 spiro atoms. The minimum absolute atomic E-state index is 0.0839. The predicted molar refractivity (Wildman–Crippen MR) is 36.3 cm³/mol. The standard InChI is InChI=1S/C7H12O2/c1-2-3-4-5-6-7(8)9/h5-6H,2-4H2,1H3,(H,8,9)/b6-5+/i5D,6D. The van der Waals surface area contributed by atoms with E-state index in [0.29, 0.717) is 6.42 Å². The van der Waals surface area contributed by atoms with Gasteiger partial charge in [0.05, 0.1) is 2.74 Å². The zero-order chi connectivity index (χ0) is 8.85. The summed E-state index contributed by atoms with van der Waals surface area (Å²) >= 11 is 0. The first-order valence-electron chi connectivity index (χ1n) is 3.99. The third kappa shape index (κ3) is 7.21. The van der Waals surface area contributed by atoms with Crippen molar-refractivity contribution in [2.45, 2.75) is 26.2 Å². The average Bonchev–Trinajstić information content (AvgIpc) is 1.98. The summed E-state index contributed by atoms with van der Waals surface area (Å²) in [4.78, 5) is 10.1. The van der Waals surface area contributed by atoms with Crippen LogP contribution < -0.4 is 0 Å². The number of carbonyl (C=O) groups is 1. The molecule has 0 saturated carbocycles. The van der Waals surface area contributed by atoms with Crippen molar-refractivity contribution in [3.8, 4) is 0 Å². The number of hydrogen-bond acceptors (Lipinski definition) is 1. The van der Waals surface area contributed by atoms with Crippen molar-refractivity contribution >= 4 is 5.97 Å². The fraction of sp³-hybridized carbons (Fsp3) is 0.571. The highest BCUT2D eigenvalue weighted by Gasteiger charge is 1.83. The molecule has 2 nitrogen and oxygen atoms in total. The first kappa shape index (κ1) is 5.03. The van der Waals surface area contributed by atoms with E-state index in [4.69, 9.17) is 7.85 Å². The summed E-state index contributed by atoms with van der Waals surface area (Å²) in [6, 6.07) is -0.669. The molecular weight excluding hydrogens is 116 g/mol. The van der Waals surface area contributed by atoms with Gasteiger partial charge < -0.3 is 5.11 Å². The Hall–Kier alpha value is -0.790. The van der Waals surface area contributed by atoms with E-state index in [2.05, 4.69) is 0 Å². The summed E-state index contributed by atoms with van der Waals surface area (Å²) in [6.07, 6.45) is 2.07.